The smallest absolute Gasteiger partial charge is 0.373 e. The molecule has 2 rings (SSSR count). The minimum absolute atomic E-state index is 0.114. The van der Waals surface area contributed by atoms with E-state index in [-0.39, 0.29) is 11.3 Å². The summed E-state index contributed by atoms with van der Waals surface area (Å²) in [6, 6.07) is 4.95. The molecule has 1 aliphatic carbocycles. The predicted molar refractivity (Wildman–Crippen MR) is 84.9 cm³/mol. The first kappa shape index (κ1) is 16.5. The minimum Gasteiger partial charge on any atom is -0.496 e. The van der Waals surface area contributed by atoms with Gasteiger partial charge in [0.1, 0.15) is 22.8 Å². The molecule has 0 spiro atoms. The highest BCUT2D eigenvalue weighted by Crippen LogP contribution is 2.29. The van der Waals surface area contributed by atoms with Crippen molar-refractivity contribution in [3.05, 3.63) is 47.1 Å². The molecular weight excluding hydrogens is 298 g/mol. The molecule has 0 aromatic heterocycles. The highest BCUT2D eigenvalue weighted by molar-refractivity contribution is 6.22. The summed E-state index contributed by atoms with van der Waals surface area (Å²) in [5, 5.41) is 3.87. The van der Waals surface area contributed by atoms with E-state index in [0.29, 0.717) is 28.4 Å². The van der Waals surface area contributed by atoms with E-state index in [4.69, 9.17) is 14.3 Å². The number of hydrogen-bond acceptors (Lipinski definition) is 6. The van der Waals surface area contributed by atoms with Crippen LogP contribution in [0.2, 0.25) is 0 Å². The summed E-state index contributed by atoms with van der Waals surface area (Å²) in [5.74, 6) is -0.165. The van der Waals surface area contributed by atoms with E-state index in [1.807, 2.05) is 0 Å². The Bertz CT molecular complexity index is 697. The molecule has 0 N–H and O–H groups in total. The van der Waals surface area contributed by atoms with E-state index in [9.17, 15) is 9.59 Å². The van der Waals surface area contributed by atoms with Gasteiger partial charge in [0.15, 0.2) is 5.78 Å². The summed E-state index contributed by atoms with van der Waals surface area (Å²) in [4.78, 5) is 28.8. The van der Waals surface area contributed by atoms with Crippen molar-refractivity contribution in [1.82, 2.24) is 0 Å². The van der Waals surface area contributed by atoms with Gasteiger partial charge in [0.05, 0.1) is 14.2 Å². The summed E-state index contributed by atoms with van der Waals surface area (Å²) in [5.41, 5.74) is 1.87. The van der Waals surface area contributed by atoms with Crippen molar-refractivity contribution >= 4 is 17.5 Å². The Balaban J connectivity index is 2.30. The highest BCUT2D eigenvalue weighted by atomic mass is 16.7. The maximum absolute atomic E-state index is 12.3. The fraction of sp³-hybridized carbons (Fsp3) is 0.235. The Hall–Kier alpha value is -2.89. The molecule has 0 atom stereocenters. The summed E-state index contributed by atoms with van der Waals surface area (Å²) in [6.07, 6.45) is 2.87. The number of carbonyl (C=O) groups is 2. The number of benzene rings is 1. The second kappa shape index (κ2) is 6.91. The quantitative estimate of drug-likeness (QED) is 0.485. The Labute approximate surface area is 134 Å². The molecule has 0 fully saturated rings. The topological polar surface area (TPSA) is 74.2 Å². The third-order valence-corrected chi connectivity index (χ3v) is 3.32. The number of nitrogens with zero attached hydrogens (tertiary/aromatic N) is 1. The lowest BCUT2D eigenvalue weighted by atomic mass is 9.98. The zero-order valence-corrected chi connectivity index (χ0v) is 13.4. The normalized spacial score (nSPS) is 13.9. The molecule has 0 amide bonds. The van der Waals surface area contributed by atoms with Crippen molar-refractivity contribution in [1.29, 1.82) is 0 Å². The predicted octanol–water partition coefficient (Wildman–Crippen LogP) is 2.69. The summed E-state index contributed by atoms with van der Waals surface area (Å²) in [6.45, 7) is 3.45. The van der Waals surface area contributed by atoms with Crippen molar-refractivity contribution in [2.24, 2.45) is 5.16 Å². The molecule has 0 unspecified atom stereocenters. The molecular formula is C17H17NO5. The Morgan fingerprint density at radius 3 is 2.00 bits per heavy atom. The highest BCUT2D eigenvalue weighted by Gasteiger charge is 2.21. The van der Waals surface area contributed by atoms with Gasteiger partial charge in [0.2, 0.25) is 0 Å². The van der Waals surface area contributed by atoms with Gasteiger partial charge in [-0.1, -0.05) is 11.2 Å². The lowest BCUT2D eigenvalue weighted by Crippen LogP contribution is -2.13. The maximum atomic E-state index is 12.3. The monoisotopic (exact) mass is 315 g/mol. The first-order chi connectivity index (χ1) is 11.0. The first-order valence-corrected chi connectivity index (χ1v) is 6.89. The van der Waals surface area contributed by atoms with Crippen LogP contribution < -0.4 is 9.47 Å². The third kappa shape index (κ3) is 3.48. The fourth-order valence-corrected chi connectivity index (χ4v) is 2.25. The Kier molecular flexibility index (Phi) is 4.95. The van der Waals surface area contributed by atoms with Gasteiger partial charge >= 0.3 is 5.97 Å². The molecule has 0 radical (unpaired) electrons. The van der Waals surface area contributed by atoms with E-state index < -0.39 is 5.97 Å². The number of ether oxygens (including phenoxy) is 2. The lowest BCUT2D eigenvalue weighted by Gasteiger charge is -2.12. The average Bonchev–Trinajstić information content (AvgIpc) is 2.52. The maximum Gasteiger partial charge on any atom is 0.373 e. The van der Waals surface area contributed by atoms with Crippen LogP contribution >= 0.6 is 0 Å². The standard InChI is InChI=1S/C17H17NO5/c1-10-8-12(19)9-11(2)16(10)18-23-17(20)15-13(21-3)6-5-7-14(15)22-4/h5-9H,1-4H3. The molecule has 0 saturated carbocycles. The van der Waals surface area contributed by atoms with E-state index in [2.05, 4.69) is 5.16 Å². The molecule has 120 valence electrons. The van der Waals surface area contributed by atoms with Crippen LogP contribution in [0.4, 0.5) is 0 Å². The van der Waals surface area contributed by atoms with Crippen molar-refractivity contribution < 1.29 is 23.9 Å². The van der Waals surface area contributed by atoms with E-state index >= 15 is 0 Å². The number of rotatable bonds is 4. The largest absolute Gasteiger partial charge is 0.496 e. The molecule has 0 heterocycles. The van der Waals surface area contributed by atoms with Crippen LogP contribution in [-0.4, -0.2) is 31.7 Å². The van der Waals surface area contributed by atoms with E-state index in [0.717, 1.165) is 0 Å². The van der Waals surface area contributed by atoms with Crippen LogP contribution in [0.25, 0.3) is 0 Å². The first-order valence-electron chi connectivity index (χ1n) is 6.89. The molecule has 23 heavy (non-hydrogen) atoms. The molecule has 0 bridgehead atoms. The number of hydrogen-bond donors (Lipinski definition) is 0. The van der Waals surface area contributed by atoms with E-state index in [1.165, 1.54) is 26.4 Å². The Morgan fingerprint density at radius 2 is 1.52 bits per heavy atom. The van der Waals surface area contributed by atoms with Crippen LogP contribution in [0.5, 0.6) is 11.5 Å². The summed E-state index contributed by atoms with van der Waals surface area (Å²) in [7, 11) is 2.90. The Morgan fingerprint density at radius 1 is 1.00 bits per heavy atom. The van der Waals surface area contributed by atoms with Crippen molar-refractivity contribution in [3.63, 3.8) is 0 Å². The van der Waals surface area contributed by atoms with Crippen LogP contribution in [0.15, 0.2) is 46.7 Å². The fourth-order valence-electron chi connectivity index (χ4n) is 2.25. The number of allylic oxidation sites excluding steroid dienone is 4. The van der Waals surface area contributed by atoms with Crippen LogP contribution in [0, 0.1) is 0 Å². The van der Waals surface area contributed by atoms with Gasteiger partial charge in [-0.05, 0) is 49.3 Å². The van der Waals surface area contributed by atoms with Gasteiger partial charge < -0.3 is 14.3 Å². The minimum atomic E-state index is -0.704. The van der Waals surface area contributed by atoms with Crippen LogP contribution in [0.1, 0.15) is 24.2 Å². The van der Waals surface area contributed by atoms with Gasteiger partial charge in [0, 0.05) is 0 Å². The second-order valence-corrected chi connectivity index (χ2v) is 4.91. The average molecular weight is 315 g/mol. The zero-order valence-electron chi connectivity index (χ0n) is 13.4. The number of oxime groups is 1. The number of carbonyl (C=O) groups excluding carboxylic acids is 2. The van der Waals surface area contributed by atoms with Crippen molar-refractivity contribution in [2.75, 3.05) is 14.2 Å². The molecule has 0 saturated heterocycles. The van der Waals surface area contributed by atoms with Gasteiger partial charge in [-0.3, -0.25) is 4.79 Å². The number of ketones is 1. The number of methoxy groups -OCH3 is 2. The molecule has 1 aromatic rings. The lowest BCUT2D eigenvalue weighted by molar-refractivity contribution is -0.110. The SMILES string of the molecule is COc1cccc(OC)c1C(=O)ON=C1C(C)=CC(=O)C=C1C. The van der Waals surface area contributed by atoms with E-state index in [1.54, 1.807) is 32.0 Å². The second-order valence-electron chi connectivity index (χ2n) is 4.91. The molecule has 6 nitrogen and oxygen atoms in total. The third-order valence-electron chi connectivity index (χ3n) is 3.32. The van der Waals surface area contributed by atoms with Crippen molar-refractivity contribution in [3.8, 4) is 11.5 Å². The molecule has 1 aliphatic rings. The zero-order chi connectivity index (χ0) is 17.0. The summed E-state index contributed by atoms with van der Waals surface area (Å²) >= 11 is 0. The van der Waals surface area contributed by atoms with Crippen LogP contribution in [-0.2, 0) is 9.63 Å². The molecule has 0 aliphatic heterocycles. The van der Waals surface area contributed by atoms with Crippen molar-refractivity contribution in [2.45, 2.75) is 13.8 Å². The van der Waals surface area contributed by atoms with Gasteiger partial charge in [-0.25, -0.2) is 4.79 Å². The summed E-state index contributed by atoms with van der Waals surface area (Å²) < 4.78 is 10.3. The van der Waals surface area contributed by atoms with Gasteiger partial charge in [-0.15, -0.1) is 0 Å². The van der Waals surface area contributed by atoms with Gasteiger partial charge in [-0.2, -0.15) is 0 Å². The molecule has 1 aromatic carbocycles. The molecule has 6 heteroatoms. The van der Waals surface area contributed by atoms with Crippen LogP contribution in [0.3, 0.4) is 0 Å². The van der Waals surface area contributed by atoms with Gasteiger partial charge in [0.25, 0.3) is 0 Å².